The summed E-state index contributed by atoms with van der Waals surface area (Å²) in [6, 6.07) is 6.18. The molecule has 1 saturated heterocycles. The largest absolute Gasteiger partial charge is 0.481 e. The smallest absolute Gasteiger partial charge is 0.308 e. The second-order valence-corrected chi connectivity index (χ2v) is 4.10. The van der Waals surface area contributed by atoms with Crippen LogP contribution in [0, 0.1) is 11.7 Å². The Morgan fingerprint density at radius 2 is 2.18 bits per heavy atom. The second kappa shape index (κ2) is 4.53. The van der Waals surface area contributed by atoms with E-state index in [1.807, 2.05) is 0 Å². The van der Waals surface area contributed by atoms with Crippen LogP contribution in [0.5, 0.6) is 0 Å². The van der Waals surface area contributed by atoms with Crippen molar-refractivity contribution in [1.29, 1.82) is 0 Å². The molecule has 1 aromatic rings. The van der Waals surface area contributed by atoms with Crippen molar-refractivity contribution >= 4 is 11.9 Å². The number of carbonyl (C=O) groups excluding carboxylic acids is 1. The molecule has 0 radical (unpaired) electrons. The number of rotatable bonds is 3. The quantitative estimate of drug-likeness (QED) is 0.861. The summed E-state index contributed by atoms with van der Waals surface area (Å²) in [6.45, 7) is 0.289. The van der Waals surface area contributed by atoms with Crippen molar-refractivity contribution < 1.29 is 19.1 Å². The van der Waals surface area contributed by atoms with Crippen LogP contribution in [-0.2, 0) is 16.1 Å². The highest BCUT2D eigenvalue weighted by molar-refractivity contribution is 5.86. The number of carboxylic acid groups (broad SMARTS) is 1. The van der Waals surface area contributed by atoms with E-state index >= 15 is 0 Å². The topological polar surface area (TPSA) is 57.6 Å². The van der Waals surface area contributed by atoms with Gasteiger partial charge in [0.15, 0.2) is 0 Å². The van der Waals surface area contributed by atoms with E-state index in [4.69, 9.17) is 5.11 Å². The third-order valence-corrected chi connectivity index (χ3v) is 2.88. The van der Waals surface area contributed by atoms with Gasteiger partial charge in [-0.05, 0) is 6.07 Å². The normalized spacial score (nSPS) is 19.7. The van der Waals surface area contributed by atoms with Gasteiger partial charge >= 0.3 is 5.97 Å². The summed E-state index contributed by atoms with van der Waals surface area (Å²) in [5.74, 6) is -2.26. The maximum Gasteiger partial charge on any atom is 0.308 e. The first kappa shape index (κ1) is 11.6. The van der Waals surface area contributed by atoms with Gasteiger partial charge in [-0.25, -0.2) is 4.39 Å². The fourth-order valence-corrected chi connectivity index (χ4v) is 1.92. The Labute approximate surface area is 97.7 Å². The van der Waals surface area contributed by atoms with Crippen LogP contribution in [0.25, 0.3) is 0 Å². The Hall–Kier alpha value is -1.91. The summed E-state index contributed by atoms with van der Waals surface area (Å²) in [5.41, 5.74) is 0.409. The molecule has 1 fully saturated rings. The van der Waals surface area contributed by atoms with Crippen LogP contribution in [0.4, 0.5) is 4.39 Å². The van der Waals surface area contributed by atoms with E-state index < -0.39 is 11.9 Å². The molecule has 0 saturated carbocycles. The predicted molar refractivity (Wildman–Crippen MR) is 57.6 cm³/mol. The average Bonchev–Trinajstić information content (AvgIpc) is 2.64. The minimum absolute atomic E-state index is 0.00376. The van der Waals surface area contributed by atoms with E-state index in [9.17, 15) is 14.0 Å². The van der Waals surface area contributed by atoms with E-state index in [1.165, 1.54) is 11.0 Å². The molecule has 1 heterocycles. The molecule has 4 nitrogen and oxygen atoms in total. The van der Waals surface area contributed by atoms with Crippen molar-refractivity contribution in [2.45, 2.75) is 13.0 Å². The zero-order valence-electron chi connectivity index (χ0n) is 9.10. The molecule has 0 spiro atoms. The second-order valence-electron chi connectivity index (χ2n) is 4.10. The number of amides is 1. The van der Waals surface area contributed by atoms with Gasteiger partial charge in [0.1, 0.15) is 5.82 Å². The number of hydrogen-bond acceptors (Lipinski definition) is 2. The molecule has 2 rings (SSSR count). The van der Waals surface area contributed by atoms with Gasteiger partial charge in [0.2, 0.25) is 5.91 Å². The van der Waals surface area contributed by atoms with Gasteiger partial charge in [0.25, 0.3) is 0 Å². The number of halogens is 1. The average molecular weight is 237 g/mol. The lowest BCUT2D eigenvalue weighted by Gasteiger charge is -2.16. The maximum absolute atomic E-state index is 13.4. The zero-order chi connectivity index (χ0) is 12.4. The molecule has 1 aliphatic rings. The molecule has 90 valence electrons. The first-order valence-electron chi connectivity index (χ1n) is 5.32. The highest BCUT2D eigenvalue weighted by atomic mass is 19.1. The summed E-state index contributed by atoms with van der Waals surface area (Å²) in [6.07, 6.45) is 0.00376. The molecule has 1 aromatic carbocycles. The highest BCUT2D eigenvalue weighted by Gasteiger charge is 2.34. The SMILES string of the molecule is O=C(O)[C@@H]1CC(=O)N(Cc2ccccc2F)C1. The van der Waals surface area contributed by atoms with E-state index in [0.717, 1.165) is 0 Å². The van der Waals surface area contributed by atoms with Crippen molar-refractivity contribution in [3.05, 3.63) is 35.6 Å². The Balaban J connectivity index is 2.08. The number of carbonyl (C=O) groups is 2. The lowest BCUT2D eigenvalue weighted by molar-refractivity contribution is -0.141. The first-order chi connectivity index (χ1) is 8.08. The van der Waals surface area contributed by atoms with Gasteiger partial charge in [-0.15, -0.1) is 0 Å². The lowest BCUT2D eigenvalue weighted by Crippen LogP contribution is -2.26. The molecular weight excluding hydrogens is 225 g/mol. The molecule has 1 N–H and O–H groups in total. The fourth-order valence-electron chi connectivity index (χ4n) is 1.92. The zero-order valence-corrected chi connectivity index (χ0v) is 9.10. The molecule has 5 heteroatoms. The number of likely N-dealkylation sites (tertiary alicyclic amines) is 1. The van der Waals surface area contributed by atoms with Crippen molar-refractivity contribution in [1.82, 2.24) is 4.90 Å². The van der Waals surface area contributed by atoms with Crippen LogP contribution < -0.4 is 0 Å². The molecule has 17 heavy (non-hydrogen) atoms. The monoisotopic (exact) mass is 237 g/mol. The lowest BCUT2D eigenvalue weighted by atomic mass is 10.1. The number of benzene rings is 1. The number of aliphatic carboxylic acids is 1. The summed E-state index contributed by atoms with van der Waals surface area (Å²) in [7, 11) is 0. The van der Waals surface area contributed by atoms with E-state index in [1.54, 1.807) is 18.2 Å². The Morgan fingerprint density at radius 3 is 2.76 bits per heavy atom. The van der Waals surface area contributed by atoms with Crippen LogP contribution in [-0.4, -0.2) is 28.4 Å². The van der Waals surface area contributed by atoms with Crippen LogP contribution in [0.1, 0.15) is 12.0 Å². The summed E-state index contributed by atoms with van der Waals surface area (Å²) >= 11 is 0. The molecule has 1 aliphatic heterocycles. The van der Waals surface area contributed by atoms with Gasteiger partial charge in [-0.3, -0.25) is 9.59 Å². The summed E-state index contributed by atoms with van der Waals surface area (Å²) in [4.78, 5) is 23.7. The number of nitrogens with zero attached hydrogens (tertiary/aromatic N) is 1. The maximum atomic E-state index is 13.4. The van der Waals surface area contributed by atoms with E-state index in [2.05, 4.69) is 0 Å². The summed E-state index contributed by atoms with van der Waals surface area (Å²) < 4.78 is 13.4. The van der Waals surface area contributed by atoms with Crippen LogP contribution in [0.15, 0.2) is 24.3 Å². The molecule has 1 amide bonds. The molecule has 0 aliphatic carbocycles. The van der Waals surface area contributed by atoms with Crippen LogP contribution >= 0.6 is 0 Å². The van der Waals surface area contributed by atoms with Gasteiger partial charge in [-0.1, -0.05) is 18.2 Å². The third kappa shape index (κ3) is 2.43. The minimum atomic E-state index is -0.977. The van der Waals surface area contributed by atoms with E-state index in [-0.39, 0.29) is 31.2 Å². The standard InChI is InChI=1S/C12H12FNO3/c13-10-4-2-1-3-8(10)6-14-7-9(12(16)17)5-11(14)15/h1-4,9H,5-7H2,(H,16,17)/t9-/m1/s1. The van der Waals surface area contributed by atoms with Gasteiger partial charge in [0.05, 0.1) is 5.92 Å². The van der Waals surface area contributed by atoms with Gasteiger partial charge in [0, 0.05) is 25.1 Å². The number of carboxylic acids is 1. The molecular formula is C12H12FNO3. The number of hydrogen-bond donors (Lipinski definition) is 1. The molecule has 0 bridgehead atoms. The molecule has 1 atom stereocenters. The van der Waals surface area contributed by atoms with Crippen molar-refractivity contribution in [3.63, 3.8) is 0 Å². The predicted octanol–water partition coefficient (Wildman–Crippen LogP) is 1.26. The Morgan fingerprint density at radius 1 is 1.47 bits per heavy atom. The van der Waals surface area contributed by atoms with Crippen LogP contribution in [0.3, 0.4) is 0 Å². The van der Waals surface area contributed by atoms with Crippen molar-refractivity contribution in [2.75, 3.05) is 6.54 Å². The summed E-state index contributed by atoms with van der Waals surface area (Å²) in [5, 5.41) is 8.82. The van der Waals surface area contributed by atoms with E-state index in [0.29, 0.717) is 5.56 Å². The Kier molecular flexibility index (Phi) is 3.08. The van der Waals surface area contributed by atoms with Gasteiger partial charge < -0.3 is 10.0 Å². The van der Waals surface area contributed by atoms with Crippen molar-refractivity contribution in [3.8, 4) is 0 Å². The molecule has 0 aromatic heterocycles. The minimum Gasteiger partial charge on any atom is -0.481 e. The third-order valence-electron chi connectivity index (χ3n) is 2.88. The fraction of sp³-hybridized carbons (Fsp3) is 0.333. The van der Waals surface area contributed by atoms with Crippen molar-refractivity contribution in [2.24, 2.45) is 5.92 Å². The van der Waals surface area contributed by atoms with Crippen LogP contribution in [0.2, 0.25) is 0 Å². The molecule has 0 unspecified atom stereocenters. The van der Waals surface area contributed by atoms with Gasteiger partial charge in [-0.2, -0.15) is 0 Å². The first-order valence-corrected chi connectivity index (χ1v) is 5.32. The highest BCUT2D eigenvalue weighted by Crippen LogP contribution is 2.21. The Bertz CT molecular complexity index is 461.